The minimum Gasteiger partial charge on any atom is -0.461 e. The summed E-state index contributed by atoms with van der Waals surface area (Å²) in [4.78, 5) is 48.0. The van der Waals surface area contributed by atoms with Crippen LogP contribution in [0, 0.1) is 0 Å². The molecule has 0 aliphatic carbocycles. The molecule has 0 aromatic heterocycles. The third-order valence-corrected chi connectivity index (χ3v) is 4.35. The molecule has 0 saturated carbocycles. The van der Waals surface area contributed by atoms with Crippen molar-refractivity contribution in [3.63, 3.8) is 0 Å². The van der Waals surface area contributed by atoms with Gasteiger partial charge in [-0.05, 0) is 36.2 Å². The van der Waals surface area contributed by atoms with E-state index < -0.39 is 12.0 Å². The second-order valence-electron chi connectivity index (χ2n) is 6.49. The van der Waals surface area contributed by atoms with Gasteiger partial charge in [-0.1, -0.05) is 30.3 Å². The lowest BCUT2D eigenvalue weighted by Gasteiger charge is -2.11. The van der Waals surface area contributed by atoms with Crippen molar-refractivity contribution in [2.45, 2.75) is 19.4 Å². The Bertz CT molecular complexity index is 880. The van der Waals surface area contributed by atoms with Crippen molar-refractivity contribution in [3.05, 3.63) is 65.7 Å². The number of hydrogen-bond donors (Lipinski definition) is 2. The molecule has 2 N–H and O–H groups in total. The predicted molar refractivity (Wildman–Crippen MR) is 105 cm³/mol. The van der Waals surface area contributed by atoms with Crippen LogP contribution in [-0.2, 0) is 20.9 Å². The van der Waals surface area contributed by atoms with Crippen LogP contribution in [-0.4, -0.2) is 41.8 Å². The van der Waals surface area contributed by atoms with E-state index in [1.54, 1.807) is 36.4 Å². The number of urea groups is 1. The van der Waals surface area contributed by atoms with E-state index in [9.17, 15) is 19.2 Å². The predicted octanol–water partition coefficient (Wildman–Crippen LogP) is 2.31. The molecule has 29 heavy (non-hydrogen) atoms. The summed E-state index contributed by atoms with van der Waals surface area (Å²) in [5.41, 5.74) is 1.96. The van der Waals surface area contributed by atoms with Gasteiger partial charge < -0.3 is 15.4 Å². The fraction of sp³-hybridized carbons (Fsp3) is 0.238. The normalized spacial score (nSPS) is 13.2. The first-order valence-electron chi connectivity index (χ1n) is 9.22. The van der Waals surface area contributed by atoms with Crippen LogP contribution in [0.2, 0.25) is 0 Å². The van der Waals surface area contributed by atoms with E-state index in [1.165, 1.54) is 0 Å². The van der Waals surface area contributed by atoms with Gasteiger partial charge in [-0.25, -0.2) is 4.79 Å². The molecule has 4 amide bonds. The molecule has 8 nitrogen and oxygen atoms in total. The van der Waals surface area contributed by atoms with Crippen LogP contribution in [0.4, 0.5) is 10.5 Å². The van der Waals surface area contributed by atoms with Gasteiger partial charge in [0.15, 0.2) is 0 Å². The molecule has 0 spiro atoms. The lowest BCUT2D eigenvalue weighted by molar-refractivity contribution is -0.145. The minimum atomic E-state index is -0.431. The van der Waals surface area contributed by atoms with Gasteiger partial charge in [0, 0.05) is 24.2 Å². The zero-order chi connectivity index (χ0) is 20.6. The summed E-state index contributed by atoms with van der Waals surface area (Å²) in [6, 6.07) is 15.5. The number of esters is 1. The maximum atomic E-state index is 12.2. The minimum absolute atomic E-state index is 0.00263. The maximum absolute atomic E-state index is 12.2. The summed E-state index contributed by atoms with van der Waals surface area (Å²) in [6.45, 7) is 0.274. The number of carbonyl (C=O) groups is 4. The van der Waals surface area contributed by atoms with E-state index in [4.69, 9.17) is 4.74 Å². The number of imide groups is 1. The van der Waals surface area contributed by atoms with Gasteiger partial charge in [0.05, 0.1) is 6.54 Å². The summed E-state index contributed by atoms with van der Waals surface area (Å²) in [6.07, 6.45) is 0.450. The molecule has 1 aliphatic heterocycles. The van der Waals surface area contributed by atoms with Crippen LogP contribution >= 0.6 is 0 Å². The van der Waals surface area contributed by atoms with Gasteiger partial charge in [-0.2, -0.15) is 0 Å². The lowest BCUT2D eigenvalue weighted by atomic mass is 10.1. The molecule has 150 valence electrons. The number of hydrogen-bond acceptors (Lipinski definition) is 5. The van der Waals surface area contributed by atoms with E-state index in [1.807, 2.05) is 18.2 Å². The van der Waals surface area contributed by atoms with Crippen molar-refractivity contribution < 1.29 is 23.9 Å². The average Bonchev–Trinajstić information content (AvgIpc) is 3.05. The molecule has 1 heterocycles. The molecule has 2 aromatic carbocycles. The second-order valence-corrected chi connectivity index (χ2v) is 6.49. The van der Waals surface area contributed by atoms with Crippen LogP contribution < -0.4 is 10.6 Å². The van der Waals surface area contributed by atoms with E-state index in [2.05, 4.69) is 10.6 Å². The Hall–Kier alpha value is -3.68. The summed E-state index contributed by atoms with van der Waals surface area (Å²) in [5, 5.41) is 5.22. The van der Waals surface area contributed by atoms with Crippen LogP contribution in [0.25, 0.3) is 0 Å². The van der Waals surface area contributed by atoms with Gasteiger partial charge in [-0.15, -0.1) is 0 Å². The van der Waals surface area contributed by atoms with E-state index in [0.717, 1.165) is 10.5 Å². The Morgan fingerprint density at radius 1 is 1.03 bits per heavy atom. The van der Waals surface area contributed by atoms with Gasteiger partial charge in [-0.3, -0.25) is 19.3 Å². The molecule has 1 aliphatic rings. The van der Waals surface area contributed by atoms with Crippen molar-refractivity contribution in [1.29, 1.82) is 0 Å². The van der Waals surface area contributed by atoms with E-state index in [-0.39, 0.29) is 37.9 Å². The van der Waals surface area contributed by atoms with E-state index in [0.29, 0.717) is 17.7 Å². The van der Waals surface area contributed by atoms with Crippen molar-refractivity contribution in [2.75, 3.05) is 18.4 Å². The standard InChI is InChI=1S/C21H21N3O5/c25-18-13-22-21(28)24(18)12-4-7-19(26)29-14-15-8-10-16(11-9-15)20(27)23-17-5-2-1-3-6-17/h1-3,5-6,8-11H,4,7,12-14H2,(H,22,28)(H,23,27). The summed E-state index contributed by atoms with van der Waals surface area (Å²) >= 11 is 0. The highest BCUT2D eigenvalue weighted by atomic mass is 16.5. The number of carbonyl (C=O) groups excluding carboxylic acids is 4. The van der Waals surface area contributed by atoms with Crippen molar-refractivity contribution in [2.24, 2.45) is 0 Å². The Balaban J connectivity index is 1.40. The molecule has 8 heteroatoms. The fourth-order valence-corrected chi connectivity index (χ4v) is 2.78. The van der Waals surface area contributed by atoms with Crippen LogP contribution in [0.15, 0.2) is 54.6 Å². The number of para-hydroxylation sites is 1. The largest absolute Gasteiger partial charge is 0.461 e. The number of amides is 4. The van der Waals surface area contributed by atoms with Crippen LogP contribution in [0.1, 0.15) is 28.8 Å². The number of nitrogens with one attached hydrogen (secondary N) is 2. The number of nitrogens with zero attached hydrogens (tertiary/aromatic N) is 1. The zero-order valence-electron chi connectivity index (χ0n) is 15.7. The Kier molecular flexibility index (Phi) is 6.57. The van der Waals surface area contributed by atoms with Gasteiger partial charge in [0.25, 0.3) is 5.91 Å². The molecule has 0 bridgehead atoms. The van der Waals surface area contributed by atoms with Gasteiger partial charge in [0.2, 0.25) is 5.91 Å². The summed E-state index contributed by atoms with van der Waals surface area (Å²) < 4.78 is 5.20. The van der Waals surface area contributed by atoms with Gasteiger partial charge >= 0.3 is 12.0 Å². The highest BCUT2D eigenvalue weighted by Gasteiger charge is 2.27. The summed E-state index contributed by atoms with van der Waals surface area (Å²) in [7, 11) is 0. The summed E-state index contributed by atoms with van der Waals surface area (Å²) in [5.74, 6) is -0.928. The first kappa shape index (κ1) is 20.1. The molecule has 1 saturated heterocycles. The zero-order valence-corrected chi connectivity index (χ0v) is 15.7. The quantitative estimate of drug-likeness (QED) is 0.527. The highest BCUT2D eigenvalue weighted by Crippen LogP contribution is 2.11. The second kappa shape index (κ2) is 9.50. The third-order valence-electron chi connectivity index (χ3n) is 4.35. The highest BCUT2D eigenvalue weighted by molar-refractivity contribution is 6.04. The molecule has 0 atom stereocenters. The number of benzene rings is 2. The topological polar surface area (TPSA) is 105 Å². The third kappa shape index (κ3) is 5.65. The van der Waals surface area contributed by atoms with Crippen LogP contribution in [0.5, 0.6) is 0 Å². The first-order chi connectivity index (χ1) is 14.0. The van der Waals surface area contributed by atoms with Crippen molar-refractivity contribution >= 4 is 29.5 Å². The Labute approximate surface area is 167 Å². The number of anilines is 1. The molecular formula is C21H21N3O5. The SMILES string of the molecule is O=C(CCCN1C(=O)CNC1=O)OCc1ccc(C(=O)Nc2ccccc2)cc1. The monoisotopic (exact) mass is 395 g/mol. The number of rotatable bonds is 8. The fourth-order valence-electron chi connectivity index (χ4n) is 2.78. The smallest absolute Gasteiger partial charge is 0.324 e. The molecular weight excluding hydrogens is 374 g/mol. The molecule has 3 rings (SSSR count). The Morgan fingerprint density at radius 3 is 2.41 bits per heavy atom. The van der Waals surface area contributed by atoms with Crippen molar-refractivity contribution in [1.82, 2.24) is 10.2 Å². The van der Waals surface area contributed by atoms with Crippen molar-refractivity contribution in [3.8, 4) is 0 Å². The molecule has 0 radical (unpaired) electrons. The molecule has 2 aromatic rings. The lowest BCUT2D eigenvalue weighted by Crippen LogP contribution is -2.32. The molecule has 1 fully saturated rings. The first-order valence-corrected chi connectivity index (χ1v) is 9.22. The van der Waals surface area contributed by atoms with Gasteiger partial charge in [0.1, 0.15) is 6.61 Å². The Morgan fingerprint density at radius 2 is 1.76 bits per heavy atom. The average molecular weight is 395 g/mol. The number of ether oxygens (including phenoxy) is 1. The van der Waals surface area contributed by atoms with Crippen LogP contribution in [0.3, 0.4) is 0 Å². The maximum Gasteiger partial charge on any atom is 0.324 e. The van der Waals surface area contributed by atoms with E-state index >= 15 is 0 Å². The molecule has 0 unspecified atom stereocenters.